The SMILES string of the molecule is COc1ccccc1-n1cncc1[C@@H]1CCCN1. The molecule has 1 aromatic heterocycles. The van der Waals surface area contributed by atoms with E-state index in [1.54, 1.807) is 7.11 Å². The minimum absolute atomic E-state index is 0.400. The van der Waals surface area contributed by atoms with Crippen molar-refractivity contribution < 1.29 is 4.74 Å². The summed E-state index contributed by atoms with van der Waals surface area (Å²) in [6.45, 7) is 1.09. The molecule has 94 valence electrons. The molecule has 1 atom stereocenters. The molecule has 0 bridgehead atoms. The van der Waals surface area contributed by atoms with Gasteiger partial charge in [-0.2, -0.15) is 0 Å². The van der Waals surface area contributed by atoms with Gasteiger partial charge in [0.2, 0.25) is 0 Å². The molecule has 1 fully saturated rings. The Morgan fingerprint density at radius 1 is 1.39 bits per heavy atom. The Kier molecular flexibility index (Phi) is 3.02. The summed E-state index contributed by atoms with van der Waals surface area (Å²) in [6, 6.07) is 8.42. The van der Waals surface area contributed by atoms with Crippen molar-refractivity contribution in [2.24, 2.45) is 0 Å². The van der Waals surface area contributed by atoms with Crippen LogP contribution in [0.1, 0.15) is 24.6 Å². The van der Waals surface area contributed by atoms with Crippen molar-refractivity contribution in [3.63, 3.8) is 0 Å². The van der Waals surface area contributed by atoms with Gasteiger partial charge in [-0.25, -0.2) is 4.98 Å². The Morgan fingerprint density at radius 2 is 2.28 bits per heavy atom. The fraction of sp³-hybridized carbons (Fsp3) is 0.357. The van der Waals surface area contributed by atoms with Gasteiger partial charge in [-0.1, -0.05) is 12.1 Å². The lowest BCUT2D eigenvalue weighted by Crippen LogP contribution is -2.16. The normalized spacial score (nSPS) is 19.1. The van der Waals surface area contributed by atoms with E-state index in [2.05, 4.69) is 20.9 Å². The monoisotopic (exact) mass is 243 g/mol. The van der Waals surface area contributed by atoms with Gasteiger partial charge in [-0.05, 0) is 31.5 Å². The Bertz CT molecular complexity index is 529. The molecule has 18 heavy (non-hydrogen) atoms. The lowest BCUT2D eigenvalue weighted by molar-refractivity contribution is 0.412. The summed E-state index contributed by atoms with van der Waals surface area (Å²) in [5, 5.41) is 3.50. The van der Waals surface area contributed by atoms with Crippen LogP contribution in [0.3, 0.4) is 0 Å². The minimum Gasteiger partial charge on any atom is -0.495 e. The van der Waals surface area contributed by atoms with Crippen LogP contribution in [0.25, 0.3) is 5.69 Å². The topological polar surface area (TPSA) is 39.1 Å². The van der Waals surface area contributed by atoms with Crippen molar-refractivity contribution in [1.29, 1.82) is 0 Å². The first-order chi connectivity index (χ1) is 8.90. The van der Waals surface area contributed by atoms with Crippen molar-refractivity contribution in [3.05, 3.63) is 42.5 Å². The van der Waals surface area contributed by atoms with Gasteiger partial charge in [0, 0.05) is 6.04 Å². The van der Waals surface area contributed by atoms with Gasteiger partial charge in [0.25, 0.3) is 0 Å². The van der Waals surface area contributed by atoms with E-state index in [1.165, 1.54) is 18.5 Å². The third kappa shape index (κ3) is 1.88. The molecule has 1 saturated heterocycles. The van der Waals surface area contributed by atoms with E-state index >= 15 is 0 Å². The Morgan fingerprint density at radius 3 is 3.06 bits per heavy atom. The predicted molar refractivity (Wildman–Crippen MR) is 70.1 cm³/mol. The molecule has 4 heteroatoms. The highest BCUT2D eigenvalue weighted by molar-refractivity contribution is 5.47. The van der Waals surface area contributed by atoms with Crippen LogP contribution in [0.15, 0.2) is 36.8 Å². The zero-order chi connectivity index (χ0) is 12.4. The first-order valence-electron chi connectivity index (χ1n) is 6.29. The van der Waals surface area contributed by atoms with Crippen LogP contribution < -0.4 is 10.1 Å². The second-order valence-corrected chi connectivity index (χ2v) is 4.51. The van der Waals surface area contributed by atoms with E-state index in [0.717, 1.165) is 18.0 Å². The van der Waals surface area contributed by atoms with Crippen LogP contribution >= 0.6 is 0 Å². The Balaban J connectivity index is 2.03. The lowest BCUT2D eigenvalue weighted by atomic mass is 10.1. The van der Waals surface area contributed by atoms with Gasteiger partial charge in [-0.3, -0.25) is 4.57 Å². The van der Waals surface area contributed by atoms with Gasteiger partial charge in [0.05, 0.1) is 31.0 Å². The number of nitrogens with one attached hydrogen (secondary N) is 1. The molecular formula is C14H17N3O. The third-order valence-electron chi connectivity index (χ3n) is 3.43. The maximum atomic E-state index is 5.42. The zero-order valence-corrected chi connectivity index (χ0v) is 10.5. The molecule has 0 saturated carbocycles. The summed E-state index contributed by atoms with van der Waals surface area (Å²) < 4.78 is 7.53. The van der Waals surface area contributed by atoms with E-state index in [1.807, 2.05) is 30.7 Å². The van der Waals surface area contributed by atoms with Crippen LogP contribution in [0.5, 0.6) is 5.75 Å². The summed E-state index contributed by atoms with van der Waals surface area (Å²) in [5.74, 6) is 0.870. The van der Waals surface area contributed by atoms with Crippen molar-refractivity contribution >= 4 is 0 Å². The second-order valence-electron chi connectivity index (χ2n) is 4.51. The maximum Gasteiger partial charge on any atom is 0.142 e. The van der Waals surface area contributed by atoms with Gasteiger partial charge in [0.15, 0.2) is 0 Å². The van der Waals surface area contributed by atoms with Crippen LogP contribution in [0, 0.1) is 0 Å². The molecule has 4 nitrogen and oxygen atoms in total. The lowest BCUT2D eigenvalue weighted by Gasteiger charge is -2.16. The van der Waals surface area contributed by atoms with E-state index in [4.69, 9.17) is 4.74 Å². The molecule has 0 radical (unpaired) electrons. The van der Waals surface area contributed by atoms with E-state index in [9.17, 15) is 0 Å². The molecule has 1 aliphatic rings. The van der Waals surface area contributed by atoms with Gasteiger partial charge in [-0.15, -0.1) is 0 Å². The highest BCUT2D eigenvalue weighted by atomic mass is 16.5. The first kappa shape index (κ1) is 11.3. The Labute approximate surface area is 107 Å². The smallest absolute Gasteiger partial charge is 0.142 e. The molecule has 1 aromatic carbocycles. The summed E-state index contributed by atoms with van der Waals surface area (Å²) in [5.41, 5.74) is 2.25. The van der Waals surface area contributed by atoms with Gasteiger partial charge < -0.3 is 10.1 Å². The number of ether oxygens (including phenoxy) is 1. The van der Waals surface area contributed by atoms with Crippen LogP contribution in [0.2, 0.25) is 0 Å². The Hall–Kier alpha value is -1.81. The van der Waals surface area contributed by atoms with Crippen molar-refractivity contribution in [2.45, 2.75) is 18.9 Å². The van der Waals surface area contributed by atoms with E-state index in [0.29, 0.717) is 6.04 Å². The number of imidazole rings is 1. The average molecular weight is 243 g/mol. The number of methoxy groups -OCH3 is 1. The summed E-state index contributed by atoms with van der Waals surface area (Å²) in [7, 11) is 1.70. The van der Waals surface area contributed by atoms with E-state index in [-0.39, 0.29) is 0 Å². The summed E-state index contributed by atoms with van der Waals surface area (Å²) >= 11 is 0. The molecule has 0 unspecified atom stereocenters. The van der Waals surface area contributed by atoms with E-state index < -0.39 is 0 Å². The highest BCUT2D eigenvalue weighted by Gasteiger charge is 2.21. The minimum atomic E-state index is 0.400. The number of nitrogens with zero attached hydrogens (tertiary/aromatic N) is 2. The molecule has 0 aliphatic carbocycles. The zero-order valence-electron chi connectivity index (χ0n) is 10.5. The predicted octanol–water partition coefficient (Wildman–Crippen LogP) is 2.31. The highest BCUT2D eigenvalue weighted by Crippen LogP contribution is 2.28. The summed E-state index contributed by atoms with van der Waals surface area (Å²) in [6.07, 6.45) is 6.19. The van der Waals surface area contributed by atoms with Crippen molar-refractivity contribution in [2.75, 3.05) is 13.7 Å². The molecule has 0 amide bonds. The van der Waals surface area contributed by atoms with Gasteiger partial charge >= 0.3 is 0 Å². The van der Waals surface area contributed by atoms with Crippen molar-refractivity contribution in [1.82, 2.24) is 14.9 Å². The van der Waals surface area contributed by atoms with Crippen LogP contribution in [-0.4, -0.2) is 23.2 Å². The molecule has 1 N–H and O–H groups in total. The molecular weight excluding hydrogens is 226 g/mol. The average Bonchev–Trinajstić information content (AvgIpc) is 3.09. The van der Waals surface area contributed by atoms with Gasteiger partial charge in [0.1, 0.15) is 5.75 Å². The fourth-order valence-corrected chi connectivity index (χ4v) is 2.53. The number of hydrogen-bond donors (Lipinski definition) is 1. The standard InChI is InChI=1S/C14H17N3O/c1-18-14-7-3-2-6-12(14)17-10-15-9-13(17)11-5-4-8-16-11/h2-3,6-7,9-11,16H,4-5,8H2,1H3/t11-/m0/s1. The first-order valence-corrected chi connectivity index (χ1v) is 6.29. The second kappa shape index (κ2) is 4.82. The van der Waals surface area contributed by atoms with Crippen LogP contribution in [-0.2, 0) is 0 Å². The van der Waals surface area contributed by atoms with Crippen LogP contribution in [0.4, 0.5) is 0 Å². The summed E-state index contributed by atoms with van der Waals surface area (Å²) in [4.78, 5) is 4.29. The quantitative estimate of drug-likeness (QED) is 0.899. The number of aromatic nitrogens is 2. The largest absolute Gasteiger partial charge is 0.495 e. The number of hydrogen-bond acceptors (Lipinski definition) is 3. The molecule has 2 aromatic rings. The maximum absolute atomic E-state index is 5.42. The number of rotatable bonds is 3. The molecule has 1 aliphatic heterocycles. The molecule has 2 heterocycles. The number of para-hydroxylation sites is 2. The third-order valence-corrected chi connectivity index (χ3v) is 3.43. The molecule has 3 rings (SSSR count). The fourth-order valence-electron chi connectivity index (χ4n) is 2.53. The number of benzene rings is 1. The molecule has 0 spiro atoms. The van der Waals surface area contributed by atoms with Crippen molar-refractivity contribution in [3.8, 4) is 11.4 Å².